The first-order valence-corrected chi connectivity index (χ1v) is 5.87. The van der Waals surface area contributed by atoms with Crippen LogP contribution in [0, 0.1) is 12.7 Å². The number of rotatable bonds is 3. The molecule has 1 atom stereocenters. The average molecular weight is 236 g/mol. The standard InChI is InChI=1S/C12H13FN2S/c1-8-3-6-11(16-8)12(14-2)10-5-4-9(13)7-15-10/h3-7,12,14H,1-2H3. The summed E-state index contributed by atoms with van der Waals surface area (Å²) in [5.74, 6) is -0.305. The number of halogens is 1. The number of nitrogens with zero attached hydrogens (tertiary/aromatic N) is 1. The Kier molecular flexibility index (Phi) is 3.31. The molecule has 2 aromatic heterocycles. The Hall–Kier alpha value is -1.26. The Labute approximate surface area is 98.2 Å². The van der Waals surface area contributed by atoms with Crippen LogP contribution >= 0.6 is 11.3 Å². The Morgan fingerprint density at radius 2 is 2.12 bits per heavy atom. The van der Waals surface area contributed by atoms with Gasteiger partial charge in [-0.25, -0.2) is 4.39 Å². The van der Waals surface area contributed by atoms with E-state index in [9.17, 15) is 4.39 Å². The maximum absolute atomic E-state index is 12.8. The van der Waals surface area contributed by atoms with Gasteiger partial charge in [0, 0.05) is 9.75 Å². The smallest absolute Gasteiger partial charge is 0.141 e. The molecule has 0 aliphatic carbocycles. The molecular weight excluding hydrogens is 223 g/mol. The Balaban J connectivity index is 2.32. The summed E-state index contributed by atoms with van der Waals surface area (Å²) in [5, 5.41) is 3.19. The van der Waals surface area contributed by atoms with Gasteiger partial charge in [-0.05, 0) is 38.2 Å². The van der Waals surface area contributed by atoms with E-state index in [4.69, 9.17) is 0 Å². The van der Waals surface area contributed by atoms with E-state index in [2.05, 4.69) is 29.4 Å². The summed E-state index contributed by atoms with van der Waals surface area (Å²) >= 11 is 1.72. The number of hydrogen-bond donors (Lipinski definition) is 1. The number of aromatic nitrogens is 1. The highest BCUT2D eigenvalue weighted by Gasteiger charge is 2.14. The first-order valence-electron chi connectivity index (χ1n) is 5.06. The van der Waals surface area contributed by atoms with Gasteiger partial charge in [0.1, 0.15) is 5.82 Å². The third kappa shape index (κ3) is 2.28. The van der Waals surface area contributed by atoms with Gasteiger partial charge in [0.15, 0.2) is 0 Å². The molecule has 0 fully saturated rings. The number of thiophene rings is 1. The van der Waals surface area contributed by atoms with Gasteiger partial charge in [-0.3, -0.25) is 4.98 Å². The second kappa shape index (κ2) is 4.72. The summed E-state index contributed by atoms with van der Waals surface area (Å²) in [4.78, 5) is 6.56. The molecule has 0 amide bonds. The van der Waals surface area contributed by atoms with Crippen molar-refractivity contribution >= 4 is 11.3 Å². The number of pyridine rings is 1. The van der Waals surface area contributed by atoms with Crippen LogP contribution < -0.4 is 5.32 Å². The lowest BCUT2D eigenvalue weighted by Crippen LogP contribution is -2.17. The minimum Gasteiger partial charge on any atom is -0.307 e. The maximum atomic E-state index is 12.8. The lowest BCUT2D eigenvalue weighted by molar-refractivity contribution is 0.611. The van der Waals surface area contributed by atoms with E-state index >= 15 is 0 Å². The van der Waals surface area contributed by atoms with Crippen LogP contribution in [0.15, 0.2) is 30.5 Å². The molecule has 0 saturated heterocycles. The van der Waals surface area contributed by atoms with Gasteiger partial charge in [-0.2, -0.15) is 0 Å². The fraction of sp³-hybridized carbons (Fsp3) is 0.250. The minimum absolute atomic E-state index is 0.0410. The third-order valence-electron chi connectivity index (χ3n) is 2.38. The molecule has 0 aromatic carbocycles. The summed E-state index contributed by atoms with van der Waals surface area (Å²) < 4.78 is 12.8. The van der Waals surface area contributed by atoms with E-state index in [0.717, 1.165) is 5.69 Å². The number of hydrogen-bond acceptors (Lipinski definition) is 3. The van der Waals surface area contributed by atoms with Crippen molar-refractivity contribution < 1.29 is 4.39 Å². The molecule has 0 spiro atoms. The normalized spacial score (nSPS) is 12.7. The first-order chi connectivity index (χ1) is 7.70. The van der Waals surface area contributed by atoms with E-state index in [1.54, 1.807) is 17.4 Å². The summed E-state index contributed by atoms with van der Waals surface area (Å²) in [6.45, 7) is 2.07. The zero-order valence-electron chi connectivity index (χ0n) is 9.20. The highest BCUT2D eigenvalue weighted by Crippen LogP contribution is 2.26. The van der Waals surface area contributed by atoms with Crippen molar-refractivity contribution in [3.05, 3.63) is 51.7 Å². The largest absolute Gasteiger partial charge is 0.307 e. The van der Waals surface area contributed by atoms with Crippen molar-refractivity contribution in [3.8, 4) is 0 Å². The quantitative estimate of drug-likeness (QED) is 0.886. The van der Waals surface area contributed by atoms with Gasteiger partial charge in [0.25, 0.3) is 0 Å². The molecule has 0 aliphatic rings. The number of aryl methyl sites for hydroxylation is 1. The van der Waals surface area contributed by atoms with Gasteiger partial charge in [-0.15, -0.1) is 11.3 Å². The van der Waals surface area contributed by atoms with E-state index in [0.29, 0.717) is 0 Å². The molecule has 2 heterocycles. The molecule has 2 rings (SSSR count). The van der Waals surface area contributed by atoms with E-state index < -0.39 is 0 Å². The first kappa shape index (κ1) is 11.2. The molecule has 2 nitrogen and oxygen atoms in total. The SMILES string of the molecule is CNC(c1ccc(F)cn1)c1ccc(C)s1. The summed E-state index contributed by atoms with van der Waals surface area (Å²) in [6, 6.07) is 7.35. The topological polar surface area (TPSA) is 24.9 Å². The minimum atomic E-state index is -0.305. The van der Waals surface area contributed by atoms with Gasteiger partial charge < -0.3 is 5.32 Å². The van der Waals surface area contributed by atoms with Crippen LogP contribution in [0.25, 0.3) is 0 Å². The van der Waals surface area contributed by atoms with Crippen molar-refractivity contribution in [3.63, 3.8) is 0 Å². The summed E-state index contributed by atoms with van der Waals surface area (Å²) in [7, 11) is 1.88. The zero-order valence-corrected chi connectivity index (χ0v) is 10.0. The van der Waals surface area contributed by atoms with E-state index in [-0.39, 0.29) is 11.9 Å². The van der Waals surface area contributed by atoms with E-state index in [1.165, 1.54) is 22.0 Å². The third-order valence-corrected chi connectivity index (χ3v) is 3.45. The molecule has 4 heteroatoms. The molecule has 1 N–H and O–H groups in total. The predicted octanol–water partition coefficient (Wildman–Crippen LogP) is 2.90. The molecule has 0 saturated carbocycles. The van der Waals surface area contributed by atoms with Crippen LogP contribution in [0.2, 0.25) is 0 Å². The van der Waals surface area contributed by atoms with Crippen molar-refractivity contribution in [2.75, 3.05) is 7.05 Å². The van der Waals surface area contributed by atoms with Gasteiger partial charge in [0.05, 0.1) is 17.9 Å². The van der Waals surface area contributed by atoms with Crippen LogP contribution in [0.1, 0.15) is 21.5 Å². The monoisotopic (exact) mass is 236 g/mol. The molecule has 0 aliphatic heterocycles. The summed E-state index contributed by atoms with van der Waals surface area (Å²) in [6.07, 6.45) is 1.25. The fourth-order valence-electron chi connectivity index (χ4n) is 1.60. The molecule has 2 aromatic rings. The maximum Gasteiger partial charge on any atom is 0.141 e. The lowest BCUT2D eigenvalue weighted by Gasteiger charge is -2.13. The Morgan fingerprint density at radius 1 is 1.31 bits per heavy atom. The van der Waals surface area contributed by atoms with Crippen LogP contribution in [0.4, 0.5) is 4.39 Å². The van der Waals surface area contributed by atoms with Crippen LogP contribution in [-0.4, -0.2) is 12.0 Å². The summed E-state index contributed by atoms with van der Waals surface area (Å²) in [5.41, 5.74) is 0.839. The van der Waals surface area contributed by atoms with Crippen LogP contribution in [0.3, 0.4) is 0 Å². The average Bonchev–Trinajstić information content (AvgIpc) is 2.69. The molecule has 1 unspecified atom stereocenters. The van der Waals surface area contributed by atoms with Gasteiger partial charge >= 0.3 is 0 Å². The van der Waals surface area contributed by atoms with E-state index in [1.807, 2.05) is 7.05 Å². The fourth-order valence-corrected chi connectivity index (χ4v) is 2.60. The lowest BCUT2D eigenvalue weighted by atomic mass is 10.1. The Morgan fingerprint density at radius 3 is 2.62 bits per heavy atom. The highest BCUT2D eigenvalue weighted by molar-refractivity contribution is 7.12. The second-order valence-corrected chi connectivity index (χ2v) is 4.89. The molecule has 84 valence electrons. The predicted molar refractivity (Wildman–Crippen MR) is 64.2 cm³/mol. The van der Waals surface area contributed by atoms with Crippen LogP contribution in [-0.2, 0) is 0 Å². The molecule has 0 radical (unpaired) electrons. The number of nitrogens with one attached hydrogen (secondary N) is 1. The van der Waals surface area contributed by atoms with Crippen LogP contribution in [0.5, 0.6) is 0 Å². The zero-order chi connectivity index (χ0) is 11.5. The van der Waals surface area contributed by atoms with Crippen molar-refractivity contribution in [2.45, 2.75) is 13.0 Å². The Bertz CT molecular complexity index is 464. The van der Waals surface area contributed by atoms with Crippen molar-refractivity contribution in [2.24, 2.45) is 0 Å². The van der Waals surface area contributed by atoms with Crippen molar-refractivity contribution in [1.82, 2.24) is 10.3 Å². The molecule has 16 heavy (non-hydrogen) atoms. The second-order valence-electron chi connectivity index (χ2n) is 3.57. The highest BCUT2D eigenvalue weighted by atomic mass is 32.1. The molecule has 0 bridgehead atoms. The van der Waals surface area contributed by atoms with Gasteiger partial charge in [-0.1, -0.05) is 0 Å². The van der Waals surface area contributed by atoms with Gasteiger partial charge in [0.2, 0.25) is 0 Å². The van der Waals surface area contributed by atoms with Crippen molar-refractivity contribution in [1.29, 1.82) is 0 Å². The molecular formula is C12H13FN2S.